The van der Waals surface area contributed by atoms with Gasteiger partial charge < -0.3 is 11.1 Å². The molecule has 0 radical (unpaired) electrons. The second kappa shape index (κ2) is 5.45. The van der Waals surface area contributed by atoms with Gasteiger partial charge in [-0.2, -0.15) is 0 Å². The number of nitrogens with two attached hydrogens (primary N) is 1. The standard InChI is InChI=1S/C12H8Cl4N2/c13-6-1-2-7(14)11(3-6)18-12-5-9(16)8(15)4-10(12)17/h1-5,18H,17H2. The van der Waals surface area contributed by atoms with Gasteiger partial charge in [-0.25, -0.2) is 0 Å². The van der Waals surface area contributed by atoms with Crippen LogP contribution in [-0.2, 0) is 0 Å². The molecule has 0 aliphatic carbocycles. The summed E-state index contributed by atoms with van der Waals surface area (Å²) in [6.07, 6.45) is 0. The number of hydrogen-bond donors (Lipinski definition) is 2. The van der Waals surface area contributed by atoms with Crippen molar-refractivity contribution in [2.24, 2.45) is 0 Å². The first-order chi connectivity index (χ1) is 8.47. The average molecular weight is 322 g/mol. The molecule has 0 heterocycles. The normalized spacial score (nSPS) is 10.4. The van der Waals surface area contributed by atoms with Crippen molar-refractivity contribution in [1.82, 2.24) is 0 Å². The second-order valence-electron chi connectivity index (χ2n) is 3.60. The monoisotopic (exact) mass is 320 g/mol. The van der Waals surface area contributed by atoms with E-state index in [1.165, 1.54) is 0 Å². The first kappa shape index (κ1) is 13.6. The van der Waals surface area contributed by atoms with Crippen LogP contribution < -0.4 is 11.1 Å². The Labute approximate surface area is 125 Å². The number of hydrogen-bond acceptors (Lipinski definition) is 2. The van der Waals surface area contributed by atoms with Gasteiger partial charge in [-0.3, -0.25) is 0 Å². The van der Waals surface area contributed by atoms with Crippen molar-refractivity contribution in [3.63, 3.8) is 0 Å². The molecule has 0 saturated heterocycles. The van der Waals surface area contributed by atoms with Crippen LogP contribution in [0.2, 0.25) is 20.1 Å². The molecular weight excluding hydrogens is 314 g/mol. The van der Waals surface area contributed by atoms with E-state index in [9.17, 15) is 0 Å². The largest absolute Gasteiger partial charge is 0.397 e. The minimum atomic E-state index is 0.400. The van der Waals surface area contributed by atoms with E-state index < -0.39 is 0 Å². The SMILES string of the molecule is Nc1cc(Cl)c(Cl)cc1Nc1cc(Cl)ccc1Cl. The van der Waals surface area contributed by atoms with Crippen molar-refractivity contribution in [2.45, 2.75) is 0 Å². The van der Waals surface area contributed by atoms with E-state index >= 15 is 0 Å². The fourth-order valence-electron chi connectivity index (χ4n) is 1.41. The van der Waals surface area contributed by atoms with Gasteiger partial charge in [0.05, 0.1) is 32.1 Å². The van der Waals surface area contributed by atoms with Gasteiger partial charge in [-0.15, -0.1) is 0 Å². The summed E-state index contributed by atoms with van der Waals surface area (Å²) in [6.45, 7) is 0. The van der Waals surface area contributed by atoms with Gasteiger partial charge in [0.25, 0.3) is 0 Å². The Hall–Kier alpha value is -0.800. The van der Waals surface area contributed by atoms with Crippen molar-refractivity contribution >= 4 is 63.5 Å². The Morgan fingerprint density at radius 3 is 2.17 bits per heavy atom. The molecular formula is C12H8Cl4N2. The van der Waals surface area contributed by atoms with E-state index in [1.807, 2.05) is 0 Å². The molecule has 0 unspecified atom stereocenters. The van der Waals surface area contributed by atoms with Gasteiger partial charge in [0.15, 0.2) is 0 Å². The molecule has 0 aromatic heterocycles. The maximum Gasteiger partial charge on any atom is 0.0642 e. The summed E-state index contributed by atoms with van der Waals surface area (Å²) in [5.41, 5.74) is 7.58. The molecule has 0 spiro atoms. The third kappa shape index (κ3) is 2.96. The topological polar surface area (TPSA) is 38.0 Å². The Bertz CT molecular complexity index is 599. The Morgan fingerprint density at radius 1 is 0.778 bits per heavy atom. The number of rotatable bonds is 2. The van der Waals surface area contributed by atoms with Gasteiger partial charge in [-0.1, -0.05) is 46.4 Å². The van der Waals surface area contributed by atoms with E-state index in [0.29, 0.717) is 37.2 Å². The molecule has 0 saturated carbocycles. The fourth-order valence-corrected chi connectivity index (χ4v) is 2.08. The highest BCUT2D eigenvalue weighted by atomic mass is 35.5. The molecule has 2 aromatic carbocycles. The summed E-state index contributed by atoms with van der Waals surface area (Å²) in [5, 5.41) is 4.98. The lowest BCUT2D eigenvalue weighted by Gasteiger charge is -2.12. The fraction of sp³-hybridized carbons (Fsp3) is 0. The molecule has 0 atom stereocenters. The lowest BCUT2D eigenvalue weighted by Crippen LogP contribution is -1.97. The third-order valence-corrected chi connectivity index (χ3v) is 3.58. The average Bonchev–Trinajstić information content (AvgIpc) is 2.30. The van der Waals surface area contributed by atoms with Crippen LogP contribution in [0.15, 0.2) is 30.3 Å². The van der Waals surface area contributed by atoms with Gasteiger partial charge in [0.2, 0.25) is 0 Å². The molecule has 0 bridgehead atoms. The number of anilines is 3. The van der Waals surface area contributed by atoms with Crippen LogP contribution in [0.3, 0.4) is 0 Å². The minimum Gasteiger partial charge on any atom is -0.397 e. The van der Waals surface area contributed by atoms with Crippen LogP contribution in [0.4, 0.5) is 17.1 Å². The highest BCUT2D eigenvalue weighted by Crippen LogP contribution is 2.35. The molecule has 2 nitrogen and oxygen atoms in total. The maximum absolute atomic E-state index is 6.05. The van der Waals surface area contributed by atoms with Crippen LogP contribution in [-0.4, -0.2) is 0 Å². The van der Waals surface area contributed by atoms with Gasteiger partial charge in [0.1, 0.15) is 0 Å². The molecule has 18 heavy (non-hydrogen) atoms. The highest BCUT2D eigenvalue weighted by Gasteiger charge is 2.07. The summed E-state index contributed by atoms with van der Waals surface area (Å²) in [4.78, 5) is 0. The molecule has 6 heteroatoms. The molecule has 0 fully saturated rings. The molecule has 3 N–H and O–H groups in total. The zero-order valence-corrected chi connectivity index (χ0v) is 12.0. The van der Waals surface area contributed by atoms with Crippen molar-refractivity contribution in [2.75, 3.05) is 11.1 Å². The molecule has 0 aliphatic heterocycles. The summed E-state index contributed by atoms with van der Waals surface area (Å²) < 4.78 is 0. The summed E-state index contributed by atoms with van der Waals surface area (Å²) in [6, 6.07) is 8.31. The van der Waals surface area contributed by atoms with Gasteiger partial charge in [-0.05, 0) is 30.3 Å². The van der Waals surface area contributed by atoms with E-state index in [-0.39, 0.29) is 0 Å². The maximum atomic E-state index is 6.05. The van der Waals surface area contributed by atoms with Crippen molar-refractivity contribution in [3.8, 4) is 0 Å². The molecule has 0 aliphatic rings. The van der Waals surface area contributed by atoms with Crippen molar-refractivity contribution < 1.29 is 0 Å². The van der Waals surface area contributed by atoms with E-state index in [2.05, 4.69) is 5.32 Å². The van der Waals surface area contributed by atoms with Crippen LogP contribution >= 0.6 is 46.4 Å². The third-order valence-electron chi connectivity index (χ3n) is 2.29. The van der Waals surface area contributed by atoms with Crippen LogP contribution in [0.25, 0.3) is 0 Å². The first-order valence-corrected chi connectivity index (χ1v) is 6.45. The summed E-state index contributed by atoms with van der Waals surface area (Å²) >= 11 is 23.7. The smallest absolute Gasteiger partial charge is 0.0642 e. The lowest BCUT2D eigenvalue weighted by atomic mass is 10.2. The van der Waals surface area contributed by atoms with Crippen LogP contribution in [0.1, 0.15) is 0 Å². The predicted molar refractivity (Wildman–Crippen MR) is 80.6 cm³/mol. The quantitative estimate of drug-likeness (QED) is 0.704. The lowest BCUT2D eigenvalue weighted by molar-refractivity contribution is 1.54. The highest BCUT2D eigenvalue weighted by molar-refractivity contribution is 6.42. The minimum absolute atomic E-state index is 0.400. The predicted octanol–water partition coefficient (Wildman–Crippen LogP) is 5.63. The first-order valence-electron chi connectivity index (χ1n) is 4.94. The number of nitrogens with one attached hydrogen (secondary N) is 1. The zero-order valence-electron chi connectivity index (χ0n) is 8.98. The second-order valence-corrected chi connectivity index (χ2v) is 5.26. The van der Waals surface area contributed by atoms with Crippen molar-refractivity contribution in [1.29, 1.82) is 0 Å². The Morgan fingerprint density at radius 2 is 1.44 bits per heavy atom. The van der Waals surface area contributed by atoms with Crippen LogP contribution in [0, 0.1) is 0 Å². The van der Waals surface area contributed by atoms with E-state index in [1.54, 1.807) is 30.3 Å². The van der Waals surface area contributed by atoms with Crippen LogP contribution in [0.5, 0.6) is 0 Å². The molecule has 0 amide bonds. The Balaban J connectivity index is 2.40. The molecule has 2 rings (SSSR count). The van der Waals surface area contributed by atoms with Gasteiger partial charge in [0, 0.05) is 5.02 Å². The van der Waals surface area contributed by atoms with Crippen molar-refractivity contribution in [3.05, 3.63) is 50.4 Å². The summed E-state index contributed by atoms with van der Waals surface area (Å²) in [7, 11) is 0. The Kier molecular flexibility index (Phi) is 4.13. The number of benzene rings is 2. The number of nitrogen functional groups attached to an aromatic ring is 1. The van der Waals surface area contributed by atoms with E-state index in [0.717, 1.165) is 0 Å². The zero-order chi connectivity index (χ0) is 13.3. The number of halogens is 4. The van der Waals surface area contributed by atoms with Gasteiger partial charge >= 0.3 is 0 Å². The van der Waals surface area contributed by atoms with E-state index in [4.69, 9.17) is 52.1 Å². The molecule has 2 aromatic rings. The summed E-state index contributed by atoms with van der Waals surface area (Å²) in [5.74, 6) is 0. The molecule has 94 valence electrons.